The maximum Gasteiger partial charge on any atom is 0.305 e. The van der Waals surface area contributed by atoms with Gasteiger partial charge in [-0.2, -0.15) is 0 Å². The highest BCUT2D eigenvalue weighted by Gasteiger charge is 2.34. The van der Waals surface area contributed by atoms with Crippen molar-refractivity contribution in [1.82, 2.24) is 0 Å². The fourth-order valence-electron chi connectivity index (χ4n) is 4.05. The molecule has 0 spiro atoms. The molecule has 156 valence electrons. The van der Waals surface area contributed by atoms with Gasteiger partial charge in [0.05, 0.1) is 26.9 Å². The van der Waals surface area contributed by atoms with Crippen LogP contribution in [-0.2, 0) is 22.4 Å². The highest BCUT2D eigenvalue weighted by atomic mass is 16.5. The summed E-state index contributed by atoms with van der Waals surface area (Å²) >= 11 is 0. The van der Waals surface area contributed by atoms with Gasteiger partial charge in [0.1, 0.15) is 0 Å². The third kappa shape index (κ3) is 3.77. The third-order valence-electron chi connectivity index (χ3n) is 5.56. The number of amides is 1. The zero-order chi connectivity index (χ0) is 21.1. The molecule has 6 heteroatoms. The number of nitrogens with zero attached hydrogens (tertiary/aromatic N) is 1. The average Bonchev–Trinajstić information content (AvgIpc) is 3.12. The Kier molecular flexibility index (Phi) is 5.74. The van der Waals surface area contributed by atoms with Crippen LogP contribution in [-0.4, -0.2) is 38.7 Å². The number of benzene rings is 2. The van der Waals surface area contributed by atoms with Gasteiger partial charge < -0.3 is 19.1 Å². The standard InChI is InChI=1S/C24H25NO5/c1-28-21-15-19-16(14-22(21)30-12-6-11-23(26)29-2)8-5-9-18-13-17-7-3-4-10-20(17)25(18)24(19)27/h3-5,7,9-10,14-15,18H,6,8,11-13H2,1-2H3/t18-/m1/s1. The average molecular weight is 407 g/mol. The van der Waals surface area contributed by atoms with Crippen molar-refractivity contribution in [3.8, 4) is 11.5 Å². The lowest BCUT2D eigenvalue weighted by Crippen LogP contribution is -2.37. The minimum Gasteiger partial charge on any atom is -0.493 e. The Morgan fingerprint density at radius 2 is 1.97 bits per heavy atom. The number of para-hydroxylation sites is 1. The summed E-state index contributed by atoms with van der Waals surface area (Å²) in [5.41, 5.74) is 3.66. The Morgan fingerprint density at radius 3 is 2.77 bits per heavy atom. The number of hydrogen-bond donors (Lipinski definition) is 0. The topological polar surface area (TPSA) is 65.1 Å². The van der Waals surface area contributed by atoms with Crippen LogP contribution in [0, 0.1) is 0 Å². The van der Waals surface area contributed by atoms with E-state index in [0.717, 1.165) is 17.7 Å². The van der Waals surface area contributed by atoms with Crippen LogP contribution in [0.4, 0.5) is 5.69 Å². The normalized spacial score (nSPS) is 16.8. The summed E-state index contributed by atoms with van der Waals surface area (Å²) in [6.07, 6.45) is 6.53. The Morgan fingerprint density at radius 1 is 1.13 bits per heavy atom. The SMILES string of the molecule is COC(=O)CCCOc1cc2c(cc1OC)C(=O)N1c3ccccc3C[C@H]1C=CC2. The molecule has 1 amide bonds. The van der Waals surface area contributed by atoms with Gasteiger partial charge in [-0.15, -0.1) is 0 Å². The van der Waals surface area contributed by atoms with Crippen molar-refractivity contribution in [1.29, 1.82) is 0 Å². The minimum atomic E-state index is -0.264. The number of rotatable bonds is 6. The number of hydrogen-bond acceptors (Lipinski definition) is 5. The molecule has 4 rings (SSSR count). The van der Waals surface area contributed by atoms with E-state index in [1.165, 1.54) is 12.7 Å². The van der Waals surface area contributed by atoms with Crippen LogP contribution in [0.2, 0.25) is 0 Å². The Labute approximate surface area is 176 Å². The molecule has 0 saturated carbocycles. The fourth-order valence-corrected chi connectivity index (χ4v) is 4.05. The van der Waals surface area contributed by atoms with E-state index in [-0.39, 0.29) is 17.9 Å². The number of fused-ring (bicyclic) bond motifs is 4. The quantitative estimate of drug-likeness (QED) is 0.415. The molecule has 0 bridgehead atoms. The number of methoxy groups -OCH3 is 2. The van der Waals surface area contributed by atoms with Gasteiger partial charge in [0.2, 0.25) is 0 Å². The van der Waals surface area contributed by atoms with Crippen molar-refractivity contribution >= 4 is 17.6 Å². The van der Waals surface area contributed by atoms with Crippen LogP contribution in [0.3, 0.4) is 0 Å². The molecule has 0 saturated heterocycles. The van der Waals surface area contributed by atoms with Crippen LogP contribution >= 0.6 is 0 Å². The third-order valence-corrected chi connectivity index (χ3v) is 5.56. The molecular formula is C24H25NO5. The van der Waals surface area contributed by atoms with Crippen LogP contribution in [0.25, 0.3) is 0 Å². The molecule has 2 heterocycles. The first-order chi connectivity index (χ1) is 14.6. The molecule has 2 aliphatic heterocycles. The second-order valence-corrected chi connectivity index (χ2v) is 7.40. The summed E-state index contributed by atoms with van der Waals surface area (Å²) in [5.74, 6) is 0.787. The Bertz CT molecular complexity index is 997. The molecule has 0 aliphatic carbocycles. The van der Waals surface area contributed by atoms with Crippen molar-refractivity contribution in [2.45, 2.75) is 31.7 Å². The van der Waals surface area contributed by atoms with Crippen molar-refractivity contribution in [2.75, 3.05) is 25.7 Å². The number of allylic oxidation sites excluding steroid dienone is 1. The van der Waals surface area contributed by atoms with Gasteiger partial charge in [0.15, 0.2) is 11.5 Å². The molecule has 6 nitrogen and oxygen atoms in total. The summed E-state index contributed by atoms with van der Waals surface area (Å²) in [7, 11) is 2.93. The van der Waals surface area contributed by atoms with E-state index in [2.05, 4.69) is 23.0 Å². The molecule has 30 heavy (non-hydrogen) atoms. The van der Waals surface area contributed by atoms with Crippen LogP contribution in [0.15, 0.2) is 48.6 Å². The summed E-state index contributed by atoms with van der Waals surface area (Å²) in [6.45, 7) is 0.357. The number of carbonyl (C=O) groups excluding carboxylic acids is 2. The lowest BCUT2D eigenvalue weighted by atomic mass is 9.98. The highest BCUT2D eigenvalue weighted by molar-refractivity contribution is 6.09. The maximum atomic E-state index is 13.5. The monoisotopic (exact) mass is 407 g/mol. The molecule has 1 atom stereocenters. The molecule has 0 N–H and O–H groups in total. The zero-order valence-corrected chi connectivity index (χ0v) is 17.2. The van der Waals surface area contributed by atoms with Crippen LogP contribution in [0.5, 0.6) is 11.5 Å². The molecule has 0 unspecified atom stereocenters. The van der Waals surface area contributed by atoms with Crippen molar-refractivity contribution < 1.29 is 23.8 Å². The van der Waals surface area contributed by atoms with Gasteiger partial charge in [-0.25, -0.2) is 0 Å². The number of ether oxygens (including phenoxy) is 3. The van der Waals surface area contributed by atoms with E-state index in [1.54, 1.807) is 13.2 Å². The van der Waals surface area contributed by atoms with Gasteiger partial charge in [0, 0.05) is 17.7 Å². The van der Waals surface area contributed by atoms with E-state index in [0.29, 0.717) is 42.9 Å². The van der Waals surface area contributed by atoms with Gasteiger partial charge >= 0.3 is 5.97 Å². The number of anilines is 1. The van der Waals surface area contributed by atoms with Gasteiger partial charge in [0.25, 0.3) is 5.91 Å². The Balaban J connectivity index is 1.62. The van der Waals surface area contributed by atoms with E-state index >= 15 is 0 Å². The fraction of sp³-hybridized carbons (Fsp3) is 0.333. The first kappa shape index (κ1) is 20.0. The van der Waals surface area contributed by atoms with E-state index < -0.39 is 0 Å². The predicted molar refractivity (Wildman–Crippen MR) is 113 cm³/mol. The molecule has 2 aromatic carbocycles. The summed E-state index contributed by atoms with van der Waals surface area (Å²) < 4.78 is 16.0. The Hall–Kier alpha value is -3.28. The van der Waals surface area contributed by atoms with E-state index in [4.69, 9.17) is 9.47 Å². The van der Waals surface area contributed by atoms with Crippen molar-refractivity contribution in [3.05, 3.63) is 65.2 Å². The van der Waals surface area contributed by atoms with Gasteiger partial charge in [-0.1, -0.05) is 30.4 Å². The molecule has 0 aromatic heterocycles. The van der Waals surface area contributed by atoms with E-state index in [9.17, 15) is 9.59 Å². The maximum absolute atomic E-state index is 13.5. The number of esters is 1. The predicted octanol–water partition coefficient (Wildman–Crippen LogP) is 3.71. The molecule has 2 aliphatic rings. The largest absolute Gasteiger partial charge is 0.493 e. The van der Waals surface area contributed by atoms with Crippen LogP contribution in [0.1, 0.15) is 34.3 Å². The van der Waals surface area contributed by atoms with Gasteiger partial charge in [-0.05, 0) is 48.6 Å². The van der Waals surface area contributed by atoms with Crippen LogP contribution < -0.4 is 14.4 Å². The minimum absolute atomic E-state index is 0.0279. The first-order valence-corrected chi connectivity index (χ1v) is 10.1. The molecular weight excluding hydrogens is 382 g/mol. The second-order valence-electron chi connectivity index (χ2n) is 7.40. The lowest BCUT2D eigenvalue weighted by Gasteiger charge is -2.27. The van der Waals surface area contributed by atoms with Gasteiger partial charge in [-0.3, -0.25) is 9.59 Å². The second kappa shape index (κ2) is 8.61. The smallest absolute Gasteiger partial charge is 0.305 e. The molecule has 2 aromatic rings. The molecule has 0 radical (unpaired) electrons. The van der Waals surface area contributed by atoms with Crippen molar-refractivity contribution in [2.24, 2.45) is 0 Å². The summed E-state index contributed by atoms with van der Waals surface area (Å²) in [4.78, 5) is 26.7. The highest BCUT2D eigenvalue weighted by Crippen LogP contribution is 2.38. The zero-order valence-electron chi connectivity index (χ0n) is 17.2. The van der Waals surface area contributed by atoms with E-state index in [1.807, 2.05) is 29.2 Å². The number of carbonyl (C=O) groups is 2. The summed E-state index contributed by atoms with van der Waals surface area (Å²) in [5, 5.41) is 0. The lowest BCUT2D eigenvalue weighted by molar-refractivity contribution is -0.140. The van der Waals surface area contributed by atoms with Crippen molar-refractivity contribution in [3.63, 3.8) is 0 Å². The molecule has 0 fully saturated rings. The summed E-state index contributed by atoms with van der Waals surface area (Å²) in [6, 6.07) is 11.7. The first-order valence-electron chi connectivity index (χ1n) is 10.1.